The maximum Gasteiger partial charge on any atom is 0.276 e. The van der Waals surface area contributed by atoms with Gasteiger partial charge in [-0.1, -0.05) is 0 Å². The molecular weight excluding hydrogens is 312 g/mol. The van der Waals surface area contributed by atoms with Crippen molar-refractivity contribution in [3.05, 3.63) is 53.6 Å². The minimum absolute atomic E-state index is 0.309. The molecule has 0 radical (unpaired) electrons. The van der Waals surface area contributed by atoms with Gasteiger partial charge in [-0.05, 0) is 42.5 Å². The van der Waals surface area contributed by atoms with Gasteiger partial charge in [0.2, 0.25) is 0 Å². The number of nitrogens with one attached hydrogen (secondary N) is 1. The second-order valence-electron chi connectivity index (χ2n) is 4.93. The number of rotatable bonds is 5. The van der Waals surface area contributed by atoms with Crippen molar-refractivity contribution in [2.75, 3.05) is 26.6 Å². The third-order valence-corrected chi connectivity index (χ3v) is 3.33. The Kier molecular flexibility index (Phi) is 5.39. The second kappa shape index (κ2) is 7.47. The highest BCUT2D eigenvalue weighted by Gasteiger charge is 2.12. The molecule has 126 valence electrons. The number of ether oxygens (including phenoxy) is 2. The van der Waals surface area contributed by atoms with Crippen molar-refractivity contribution >= 4 is 17.5 Å². The number of hydrogen-bond donors (Lipinski definition) is 2. The molecule has 0 saturated carbocycles. The quantitative estimate of drug-likeness (QED) is 0.649. The van der Waals surface area contributed by atoms with E-state index in [4.69, 9.17) is 14.7 Å². The van der Waals surface area contributed by atoms with Crippen LogP contribution in [0.15, 0.2) is 42.5 Å². The maximum atomic E-state index is 12.3. The Morgan fingerprint density at radius 3 is 2.08 bits per heavy atom. The summed E-state index contributed by atoms with van der Waals surface area (Å²) < 4.78 is 10.3. The fraction of sp³-hybridized carbons (Fsp3) is 0.176. The first-order valence-electron chi connectivity index (χ1n) is 7.06. The van der Waals surface area contributed by atoms with Gasteiger partial charge in [0.05, 0.1) is 14.2 Å². The number of nitrogens with zero attached hydrogens (tertiary/aromatic N) is 1. The molecule has 2 aromatic rings. The van der Waals surface area contributed by atoms with Crippen molar-refractivity contribution < 1.29 is 24.3 Å². The SMILES string of the molecule is COc1ccc(C(=O)Nc2ccc(C(=O)N(C)O)cc2)cc1OC. The molecule has 7 heteroatoms. The lowest BCUT2D eigenvalue weighted by molar-refractivity contribution is -0.0374. The Morgan fingerprint density at radius 1 is 0.958 bits per heavy atom. The first kappa shape index (κ1) is 17.3. The van der Waals surface area contributed by atoms with E-state index in [0.717, 1.165) is 0 Å². The average molecular weight is 330 g/mol. The molecule has 2 aromatic carbocycles. The zero-order chi connectivity index (χ0) is 17.7. The molecule has 2 rings (SSSR count). The zero-order valence-corrected chi connectivity index (χ0v) is 13.6. The lowest BCUT2D eigenvalue weighted by Gasteiger charge is -2.11. The molecule has 0 heterocycles. The molecule has 0 unspecified atom stereocenters. The van der Waals surface area contributed by atoms with Gasteiger partial charge in [-0.3, -0.25) is 14.8 Å². The number of carbonyl (C=O) groups excluding carboxylic acids is 2. The monoisotopic (exact) mass is 330 g/mol. The molecule has 7 nitrogen and oxygen atoms in total. The van der Waals surface area contributed by atoms with E-state index in [9.17, 15) is 9.59 Å². The van der Waals surface area contributed by atoms with Gasteiger partial charge in [-0.15, -0.1) is 0 Å². The minimum Gasteiger partial charge on any atom is -0.493 e. The molecule has 0 spiro atoms. The molecule has 0 aromatic heterocycles. The summed E-state index contributed by atoms with van der Waals surface area (Å²) in [6.45, 7) is 0. The van der Waals surface area contributed by atoms with E-state index in [1.54, 1.807) is 30.3 Å². The summed E-state index contributed by atoms with van der Waals surface area (Å²) in [5.74, 6) is 0.129. The second-order valence-corrected chi connectivity index (χ2v) is 4.93. The van der Waals surface area contributed by atoms with Crippen LogP contribution in [-0.2, 0) is 0 Å². The Morgan fingerprint density at radius 2 is 1.54 bits per heavy atom. The summed E-state index contributed by atoms with van der Waals surface area (Å²) in [5.41, 5.74) is 1.24. The first-order chi connectivity index (χ1) is 11.5. The van der Waals surface area contributed by atoms with E-state index in [0.29, 0.717) is 33.4 Å². The Labute approximate surface area is 139 Å². The van der Waals surface area contributed by atoms with Crippen LogP contribution < -0.4 is 14.8 Å². The van der Waals surface area contributed by atoms with E-state index < -0.39 is 5.91 Å². The van der Waals surface area contributed by atoms with Crippen LogP contribution in [0.5, 0.6) is 11.5 Å². The Balaban J connectivity index is 2.13. The third-order valence-electron chi connectivity index (χ3n) is 3.33. The number of hydroxylamine groups is 2. The maximum absolute atomic E-state index is 12.3. The number of amides is 2. The van der Waals surface area contributed by atoms with E-state index in [1.165, 1.54) is 33.4 Å². The van der Waals surface area contributed by atoms with Crippen LogP contribution in [0, 0.1) is 0 Å². The summed E-state index contributed by atoms with van der Waals surface area (Å²) in [6.07, 6.45) is 0. The van der Waals surface area contributed by atoms with Crippen LogP contribution in [-0.4, -0.2) is 43.4 Å². The molecule has 2 amide bonds. The van der Waals surface area contributed by atoms with E-state index in [2.05, 4.69) is 5.32 Å². The summed E-state index contributed by atoms with van der Waals surface area (Å²) in [4.78, 5) is 23.9. The summed E-state index contributed by atoms with van der Waals surface area (Å²) in [7, 11) is 4.26. The van der Waals surface area contributed by atoms with Gasteiger partial charge in [0.15, 0.2) is 11.5 Å². The summed E-state index contributed by atoms with van der Waals surface area (Å²) in [5, 5.41) is 12.3. The molecule has 0 saturated heterocycles. The molecule has 0 aliphatic heterocycles. The fourth-order valence-electron chi connectivity index (χ4n) is 2.06. The fourth-order valence-corrected chi connectivity index (χ4v) is 2.06. The normalized spacial score (nSPS) is 10.0. The van der Waals surface area contributed by atoms with Gasteiger partial charge in [0.25, 0.3) is 11.8 Å². The van der Waals surface area contributed by atoms with Crippen molar-refractivity contribution in [1.29, 1.82) is 0 Å². The van der Waals surface area contributed by atoms with Gasteiger partial charge in [-0.2, -0.15) is 0 Å². The molecule has 0 bridgehead atoms. The van der Waals surface area contributed by atoms with Crippen molar-refractivity contribution in [2.24, 2.45) is 0 Å². The molecule has 2 N–H and O–H groups in total. The third kappa shape index (κ3) is 3.82. The molecule has 0 fully saturated rings. The zero-order valence-electron chi connectivity index (χ0n) is 13.6. The number of hydrogen-bond acceptors (Lipinski definition) is 5. The smallest absolute Gasteiger partial charge is 0.276 e. The van der Waals surface area contributed by atoms with Crippen LogP contribution in [0.3, 0.4) is 0 Å². The molecule has 0 atom stereocenters. The van der Waals surface area contributed by atoms with Crippen molar-refractivity contribution in [3.8, 4) is 11.5 Å². The van der Waals surface area contributed by atoms with Crippen molar-refractivity contribution in [1.82, 2.24) is 5.06 Å². The molecule has 24 heavy (non-hydrogen) atoms. The predicted octanol–water partition coefficient (Wildman–Crippen LogP) is 2.42. The highest BCUT2D eigenvalue weighted by atomic mass is 16.5. The van der Waals surface area contributed by atoms with Crippen LogP contribution in [0.25, 0.3) is 0 Å². The topological polar surface area (TPSA) is 88.1 Å². The molecule has 0 aliphatic rings. The van der Waals surface area contributed by atoms with Crippen LogP contribution >= 0.6 is 0 Å². The number of carbonyl (C=O) groups is 2. The van der Waals surface area contributed by atoms with Gasteiger partial charge in [-0.25, -0.2) is 5.06 Å². The summed E-state index contributed by atoms with van der Waals surface area (Å²) in [6, 6.07) is 11.0. The van der Waals surface area contributed by atoms with Gasteiger partial charge < -0.3 is 14.8 Å². The van der Waals surface area contributed by atoms with Crippen LogP contribution in [0.4, 0.5) is 5.69 Å². The van der Waals surface area contributed by atoms with Crippen molar-refractivity contribution in [3.63, 3.8) is 0 Å². The molecular formula is C17H18N2O5. The molecule has 0 aliphatic carbocycles. The number of benzene rings is 2. The first-order valence-corrected chi connectivity index (χ1v) is 7.06. The van der Waals surface area contributed by atoms with Crippen LogP contribution in [0.2, 0.25) is 0 Å². The van der Waals surface area contributed by atoms with Crippen LogP contribution in [0.1, 0.15) is 20.7 Å². The number of methoxy groups -OCH3 is 2. The van der Waals surface area contributed by atoms with E-state index in [1.807, 2.05) is 0 Å². The summed E-state index contributed by atoms with van der Waals surface area (Å²) >= 11 is 0. The standard InChI is InChI=1S/C17H18N2O5/c1-19(22)17(21)11-4-7-13(8-5-11)18-16(20)12-6-9-14(23-2)15(10-12)24-3/h4-10,22H,1-3H3,(H,18,20). The van der Waals surface area contributed by atoms with Crippen molar-refractivity contribution in [2.45, 2.75) is 0 Å². The van der Waals surface area contributed by atoms with Gasteiger partial charge in [0.1, 0.15) is 0 Å². The van der Waals surface area contributed by atoms with E-state index >= 15 is 0 Å². The lowest BCUT2D eigenvalue weighted by Crippen LogP contribution is -2.22. The van der Waals surface area contributed by atoms with E-state index in [-0.39, 0.29) is 5.91 Å². The largest absolute Gasteiger partial charge is 0.493 e. The highest BCUT2D eigenvalue weighted by Crippen LogP contribution is 2.27. The predicted molar refractivity (Wildman–Crippen MR) is 87.8 cm³/mol. The number of anilines is 1. The Bertz CT molecular complexity index is 741. The average Bonchev–Trinajstić information content (AvgIpc) is 2.60. The Hall–Kier alpha value is -3.06. The van der Waals surface area contributed by atoms with Gasteiger partial charge in [0, 0.05) is 23.9 Å². The van der Waals surface area contributed by atoms with Gasteiger partial charge >= 0.3 is 0 Å². The minimum atomic E-state index is -0.534. The lowest BCUT2D eigenvalue weighted by atomic mass is 10.1. The highest BCUT2D eigenvalue weighted by molar-refractivity contribution is 6.05.